The summed E-state index contributed by atoms with van der Waals surface area (Å²) < 4.78 is 0. The third kappa shape index (κ3) is 4.90. The molecule has 0 radical (unpaired) electrons. The van der Waals surface area contributed by atoms with Crippen LogP contribution in [0.25, 0.3) is 0 Å². The maximum absolute atomic E-state index is 3.43. The van der Waals surface area contributed by atoms with Crippen molar-refractivity contribution in [2.75, 3.05) is 12.8 Å². The molecule has 0 aliphatic carbocycles. The second-order valence-electron chi connectivity index (χ2n) is 5.46. The van der Waals surface area contributed by atoms with Crippen LogP contribution in [-0.2, 0) is 6.42 Å². The molecule has 0 aromatic heterocycles. The van der Waals surface area contributed by atoms with Gasteiger partial charge in [0.25, 0.3) is 0 Å². The van der Waals surface area contributed by atoms with E-state index in [9.17, 15) is 0 Å². The molecule has 2 rings (SSSR count). The van der Waals surface area contributed by atoms with Crippen LogP contribution in [0.3, 0.4) is 0 Å². The Morgan fingerprint density at radius 3 is 2.48 bits per heavy atom. The Labute approximate surface area is 133 Å². The van der Waals surface area contributed by atoms with Crippen molar-refractivity contribution in [3.05, 3.63) is 65.2 Å². The van der Waals surface area contributed by atoms with Gasteiger partial charge in [-0.05, 0) is 43.7 Å². The zero-order valence-corrected chi connectivity index (χ0v) is 14.0. The van der Waals surface area contributed by atoms with Crippen LogP contribution in [-0.4, -0.2) is 12.8 Å². The summed E-state index contributed by atoms with van der Waals surface area (Å²) in [5.41, 5.74) is 4.13. The van der Waals surface area contributed by atoms with Gasteiger partial charge in [-0.25, -0.2) is 0 Å². The second-order valence-corrected chi connectivity index (χ2v) is 6.55. The normalized spacial score (nSPS) is 12.3. The lowest BCUT2D eigenvalue weighted by molar-refractivity contribution is 0.661. The smallest absolute Gasteiger partial charge is 0.0412 e. The SMILES string of the molecule is CCCc1ccc(C(CSc2cccc(C)c2)NC)cc1. The van der Waals surface area contributed by atoms with Crippen LogP contribution in [0.5, 0.6) is 0 Å². The molecule has 0 aliphatic heterocycles. The zero-order valence-electron chi connectivity index (χ0n) is 13.2. The molecule has 0 aliphatic rings. The summed E-state index contributed by atoms with van der Waals surface area (Å²) in [6, 6.07) is 18.2. The standard InChI is InChI=1S/C19H25NS/c1-4-6-16-9-11-17(12-10-16)19(20-3)14-21-18-8-5-7-15(2)13-18/h5,7-13,19-20H,4,6,14H2,1-3H3. The molecule has 2 aromatic rings. The van der Waals surface area contributed by atoms with Gasteiger partial charge in [-0.2, -0.15) is 0 Å². The van der Waals surface area contributed by atoms with Gasteiger partial charge in [0, 0.05) is 16.7 Å². The molecule has 2 aromatic carbocycles. The molecule has 0 bridgehead atoms. The van der Waals surface area contributed by atoms with Gasteiger partial charge in [0.1, 0.15) is 0 Å². The molecule has 0 amide bonds. The van der Waals surface area contributed by atoms with Crippen LogP contribution in [0.4, 0.5) is 0 Å². The van der Waals surface area contributed by atoms with E-state index in [2.05, 4.69) is 67.7 Å². The van der Waals surface area contributed by atoms with Crippen LogP contribution < -0.4 is 5.32 Å². The van der Waals surface area contributed by atoms with Crippen LogP contribution in [0, 0.1) is 6.92 Å². The molecule has 0 saturated carbocycles. The van der Waals surface area contributed by atoms with Crippen molar-refractivity contribution in [2.24, 2.45) is 0 Å². The van der Waals surface area contributed by atoms with E-state index in [-0.39, 0.29) is 0 Å². The summed E-state index contributed by atoms with van der Waals surface area (Å²) in [4.78, 5) is 1.35. The quantitative estimate of drug-likeness (QED) is 0.722. The molecule has 1 nitrogen and oxygen atoms in total. The van der Waals surface area contributed by atoms with Crippen molar-refractivity contribution >= 4 is 11.8 Å². The molecule has 112 valence electrons. The topological polar surface area (TPSA) is 12.0 Å². The number of nitrogens with one attached hydrogen (secondary N) is 1. The van der Waals surface area contributed by atoms with E-state index in [0.29, 0.717) is 6.04 Å². The molecular weight excluding hydrogens is 274 g/mol. The Morgan fingerprint density at radius 2 is 1.86 bits per heavy atom. The third-order valence-electron chi connectivity index (χ3n) is 3.68. The molecule has 2 heteroatoms. The monoisotopic (exact) mass is 299 g/mol. The molecule has 1 unspecified atom stereocenters. The second kappa shape index (κ2) is 8.26. The van der Waals surface area contributed by atoms with Crippen LogP contribution >= 0.6 is 11.8 Å². The molecular formula is C19H25NS. The lowest BCUT2D eigenvalue weighted by atomic mass is 10.0. The predicted molar refractivity (Wildman–Crippen MR) is 94.1 cm³/mol. The van der Waals surface area contributed by atoms with Crippen molar-refractivity contribution in [1.29, 1.82) is 0 Å². The highest BCUT2D eigenvalue weighted by molar-refractivity contribution is 7.99. The van der Waals surface area contributed by atoms with E-state index in [1.165, 1.54) is 34.4 Å². The Hall–Kier alpha value is -1.25. The summed E-state index contributed by atoms with van der Waals surface area (Å²) in [5, 5.41) is 3.43. The number of thioether (sulfide) groups is 1. The Kier molecular flexibility index (Phi) is 6.34. The molecule has 1 atom stereocenters. The van der Waals surface area contributed by atoms with Gasteiger partial charge in [-0.3, -0.25) is 0 Å². The van der Waals surface area contributed by atoms with E-state index >= 15 is 0 Å². The van der Waals surface area contributed by atoms with Crippen molar-refractivity contribution < 1.29 is 0 Å². The number of rotatable bonds is 7. The van der Waals surface area contributed by atoms with Gasteiger partial charge in [-0.1, -0.05) is 55.3 Å². The Morgan fingerprint density at radius 1 is 1.10 bits per heavy atom. The first-order valence-electron chi connectivity index (χ1n) is 7.68. The minimum absolute atomic E-state index is 0.395. The van der Waals surface area contributed by atoms with Crippen LogP contribution in [0.1, 0.15) is 36.1 Å². The van der Waals surface area contributed by atoms with E-state index in [1.807, 2.05) is 18.8 Å². The highest BCUT2D eigenvalue weighted by atomic mass is 32.2. The Balaban J connectivity index is 1.99. The fourth-order valence-electron chi connectivity index (χ4n) is 2.44. The molecule has 0 heterocycles. The lowest BCUT2D eigenvalue weighted by Crippen LogP contribution is -2.18. The molecule has 0 fully saturated rings. The minimum atomic E-state index is 0.395. The zero-order chi connectivity index (χ0) is 15.1. The average molecular weight is 299 g/mol. The summed E-state index contributed by atoms with van der Waals surface area (Å²) in [5.74, 6) is 1.05. The number of hydrogen-bond donors (Lipinski definition) is 1. The van der Waals surface area contributed by atoms with Gasteiger partial charge in [-0.15, -0.1) is 11.8 Å². The summed E-state index contributed by atoms with van der Waals surface area (Å²) in [7, 11) is 2.04. The van der Waals surface area contributed by atoms with E-state index in [0.717, 1.165) is 5.75 Å². The van der Waals surface area contributed by atoms with Crippen molar-refractivity contribution in [2.45, 2.75) is 37.6 Å². The largest absolute Gasteiger partial charge is 0.312 e. The van der Waals surface area contributed by atoms with Gasteiger partial charge < -0.3 is 5.32 Å². The van der Waals surface area contributed by atoms with Crippen molar-refractivity contribution in [1.82, 2.24) is 5.32 Å². The first-order valence-corrected chi connectivity index (χ1v) is 8.67. The van der Waals surface area contributed by atoms with Crippen molar-refractivity contribution in [3.8, 4) is 0 Å². The highest BCUT2D eigenvalue weighted by Gasteiger charge is 2.09. The predicted octanol–water partition coefficient (Wildman–Crippen LogP) is 5.00. The number of hydrogen-bond acceptors (Lipinski definition) is 2. The van der Waals surface area contributed by atoms with E-state index in [1.54, 1.807) is 0 Å². The molecule has 21 heavy (non-hydrogen) atoms. The van der Waals surface area contributed by atoms with Crippen LogP contribution in [0.2, 0.25) is 0 Å². The highest BCUT2D eigenvalue weighted by Crippen LogP contribution is 2.25. The fraction of sp³-hybridized carbons (Fsp3) is 0.368. The van der Waals surface area contributed by atoms with Gasteiger partial charge >= 0.3 is 0 Å². The lowest BCUT2D eigenvalue weighted by Gasteiger charge is -2.17. The molecule has 0 saturated heterocycles. The third-order valence-corrected chi connectivity index (χ3v) is 4.76. The first-order chi connectivity index (χ1) is 10.2. The summed E-state index contributed by atoms with van der Waals surface area (Å²) in [6.07, 6.45) is 2.38. The van der Waals surface area contributed by atoms with Gasteiger partial charge in [0.15, 0.2) is 0 Å². The summed E-state index contributed by atoms with van der Waals surface area (Å²) in [6.45, 7) is 4.37. The maximum Gasteiger partial charge on any atom is 0.0412 e. The number of aryl methyl sites for hydroxylation is 2. The molecule has 0 spiro atoms. The molecule has 1 N–H and O–H groups in total. The van der Waals surface area contributed by atoms with Crippen LogP contribution in [0.15, 0.2) is 53.4 Å². The van der Waals surface area contributed by atoms with Gasteiger partial charge in [0.05, 0.1) is 0 Å². The Bertz CT molecular complexity index is 548. The summed E-state index contributed by atoms with van der Waals surface area (Å²) >= 11 is 1.91. The van der Waals surface area contributed by atoms with E-state index < -0.39 is 0 Å². The number of benzene rings is 2. The average Bonchev–Trinajstić information content (AvgIpc) is 2.50. The van der Waals surface area contributed by atoms with Gasteiger partial charge in [0.2, 0.25) is 0 Å². The first kappa shape index (κ1) is 16.1. The fourth-order valence-corrected chi connectivity index (χ4v) is 3.60. The van der Waals surface area contributed by atoms with E-state index in [4.69, 9.17) is 0 Å². The maximum atomic E-state index is 3.43. The minimum Gasteiger partial charge on any atom is -0.312 e. The van der Waals surface area contributed by atoms with Crippen molar-refractivity contribution in [3.63, 3.8) is 0 Å².